The number of hydrogen-bond donors (Lipinski definition) is 1. The maximum atomic E-state index is 12.1. The standard InChI is InChI=1S/C16H15N5O4/c1-10-7-14(20-25-10)19-15(22)11(2)24-16(23)12-3-5-13(6-4-12)21-9-17-8-18-21/h3-9,11H,1-2H3,(H,19,20,22). The van der Waals surface area contributed by atoms with E-state index in [1.165, 1.54) is 13.3 Å². The van der Waals surface area contributed by atoms with Gasteiger partial charge in [-0.05, 0) is 38.1 Å². The number of amides is 1. The van der Waals surface area contributed by atoms with E-state index < -0.39 is 18.0 Å². The van der Waals surface area contributed by atoms with Crippen LogP contribution in [-0.4, -0.2) is 37.9 Å². The Morgan fingerprint density at radius 3 is 2.64 bits per heavy atom. The first-order valence-corrected chi connectivity index (χ1v) is 7.43. The lowest BCUT2D eigenvalue weighted by atomic mass is 10.2. The van der Waals surface area contributed by atoms with E-state index in [2.05, 4.69) is 20.6 Å². The van der Waals surface area contributed by atoms with E-state index >= 15 is 0 Å². The smallest absolute Gasteiger partial charge is 0.338 e. The van der Waals surface area contributed by atoms with Crippen LogP contribution in [0, 0.1) is 6.92 Å². The van der Waals surface area contributed by atoms with Crippen molar-refractivity contribution < 1.29 is 18.8 Å². The Morgan fingerprint density at radius 1 is 1.28 bits per heavy atom. The van der Waals surface area contributed by atoms with Crippen molar-refractivity contribution in [2.24, 2.45) is 0 Å². The lowest BCUT2D eigenvalue weighted by molar-refractivity contribution is -0.123. The second-order valence-corrected chi connectivity index (χ2v) is 5.25. The van der Waals surface area contributed by atoms with Crippen LogP contribution in [-0.2, 0) is 9.53 Å². The highest BCUT2D eigenvalue weighted by atomic mass is 16.5. The molecular weight excluding hydrogens is 326 g/mol. The molecule has 1 aromatic carbocycles. The van der Waals surface area contributed by atoms with Crippen LogP contribution in [0.25, 0.3) is 5.69 Å². The summed E-state index contributed by atoms with van der Waals surface area (Å²) >= 11 is 0. The van der Waals surface area contributed by atoms with Gasteiger partial charge < -0.3 is 14.6 Å². The van der Waals surface area contributed by atoms with Gasteiger partial charge in [-0.15, -0.1) is 0 Å². The van der Waals surface area contributed by atoms with Crippen LogP contribution in [0.5, 0.6) is 0 Å². The summed E-state index contributed by atoms with van der Waals surface area (Å²) in [6.45, 7) is 3.18. The Hall–Kier alpha value is -3.49. The molecule has 25 heavy (non-hydrogen) atoms. The highest BCUT2D eigenvalue weighted by molar-refractivity contribution is 5.96. The number of esters is 1. The predicted octanol–water partition coefficient (Wildman–Crippen LogP) is 1.75. The SMILES string of the molecule is Cc1cc(NC(=O)C(C)OC(=O)c2ccc(-n3cncn3)cc2)no1. The van der Waals surface area contributed by atoms with Gasteiger partial charge in [-0.1, -0.05) is 5.16 Å². The van der Waals surface area contributed by atoms with Crippen LogP contribution in [0.15, 0.2) is 47.5 Å². The van der Waals surface area contributed by atoms with Crippen molar-refractivity contribution in [2.75, 3.05) is 5.32 Å². The van der Waals surface area contributed by atoms with Crippen LogP contribution in [0.4, 0.5) is 5.82 Å². The minimum atomic E-state index is -0.987. The Bertz CT molecular complexity index is 870. The van der Waals surface area contributed by atoms with E-state index in [-0.39, 0.29) is 5.82 Å². The van der Waals surface area contributed by atoms with E-state index in [0.717, 1.165) is 5.69 Å². The maximum Gasteiger partial charge on any atom is 0.338 e. The first kappa shape index (κ1) is 16.4. The number of carbonyl (C=O) groups is 2. The molecule has 0 aliphatic carbocycles. The number of nitrogens with zero attached hydrogens (tertiary/aromatic N) is 4. The molecule has 0 aliphatic heterocycles. The monoisotopic (exact) mass is 341 g/mol. The van der Waals surface area contributed by atoms with Gasteiger partial charge in [-0.3, -0.25) is 4.79 Å². The first-order chi connectivity index (χ1) is 12.0. The van der Waals surface area contributed by atoms with Gasteiger partial charge in [0.25, 0.3) is 5.91 Å². The Morgan fingerprint density at radius 2 is 2.04 bits per heavy atom. The third-order valence-corrected chi connectivity index (χ3v) is 3.32. The number of aromatic nitrogens is 4. The van der Waals surface area contributed by atoms with Gasteiger partial charge in [0.05, 0.1) is 11.3 Å². The second kappa shape index (κ2) is 6.95. The van der Waals surface area contributed by atoms with Crippen molar-refractivity contribution in [3.8, 4) is 5.69 Å². The van der Waals surface area contributed by atoms with Gasteiger partial charge in [0.1, 0.15) is 18.4 Å². The molecule has 3 rings (SSSR count). The molecule has 1 N–H and O–H groups in total. The zero-order chi connectivity index (χ0) is 17.8. The third kappa shape index (κ3) is 3.89. The van der Waals surface area contributed by atoms with Gasteiger partial charge in [-0.2, -0.15) is 5.10 Å². The topological polar surface area (TPSA) is 112 Å². The Kier molecular flexibility index (Phi) is 4.55. The summed E-state index contributed by atoms with van der Waals surface area (Å²) in [5.74, 6) is -0.278. The number of nitrogens with one attached hydrogen (secondary N) is 1. The fourth-order valence-corrected chi connectivity index (χ4v) is 2.03. The molecule has 1 unspecified atom stereocenters. The summed E-state index contributed by atoms with van der Waals surface area (Å²) in [6, 6.07) is 8.15. The number of anilines is 1. The molecule has 0 spiro atoms. The molecule has 128 valence electrons. The van der Waals surface area contributed by atoms with Crippen molar-refractivity contribution in [1.82, 2.24) is 19.9 Å². The van der Waals surface area contributed by atoms with Crippen molar-refractivity contribution in [2.45, 2.75) is 20.0 Å². The van der Waals surface area contributed by atoms with E-state index in [1.807, 2.05) is 0 Å². The quantitative estimate of drug-likeness (QED) is 0.703. The molecule has 0 fully saturated rings. The minimum absolute atomic E-state index is 0.266. The van der Waals surface area contributed by atoms with Crippen molar-refractivity contribution in [3.05, 3.63) is 54.3 Å². The summed E-state index contributed by atoms with van der Waals surface area (Å²) in [7, 11) is 0. The number of rotatable bonds is 5. The number of ether oxygens (including phenoxy) is 1. The lowest BCUT2D eigenvalue weighted by Crippen LogP contribution is -2.30. The molecule has 1 atom stereocenters. The highest BCUT2D eigenvalue weighted by Crippen LogP contribution is 2.12. The Labute approximate surface area is 142 Å². The van der Waals surface area contributed by atoms with Crippen LogP contribution < -0.4 is 5.32 Å². The summed E-state index contributed by atoms with van der Waals surface area (Å²) in [5.41, 5.74) is 1.07. The molecule has 1 amide bonds. The summed E-state index contributed by atoms with van der Waals surface area (Å²) in [4.78, 5) is 28.0. The van der Waals surface area contributed by atoms with Crippen LogP contribution >= 0.6 is 0 Å². The fraction of sp³-hybridized carbons (Fsp3) is 0.188. The van der Waals surface area contributed by atoms with Gasteiger partial charge in [0.2, 0.25) is 0 Å². The molecular formula is C16H15N5O4. The summed E-state index contributed by atoms with van der Waals surface area (Å²) in [6.07, 6.45) is 1.98. The Balaban J connectivity index is 1.60. The zero-order valence-electron chi connectivity index (χ0n) is 13.5. The average Bonchev–Trinajstić information content (AvgIpc) is 3.27. The third-order valence-electron chi connectivity index (χ3n) is 3.32. The van der Waals surface area contributed by atoms with Gasteiger partial charge in [0.15, 0.2) is 11.9 Å². The molecule has 0 bridgehead atoms. The zero-order valence-corrected chi connectivity index (χ0v) is 13.5. The molecule has 0 aliphatic rings. The van der Waals surface area contributed by atoms with E-state index in [4.69, 9.17) is 9.26 Å². The maximum absolute atomic E-state index is 12.1. The van der Waals surface area contributed by atoms with Crippen LogP contribution in [0.3, 0.4) is 0 Å². The molecule has 0 saturated carbocycles. The van der Waals surface area contributed by atoms with Crippen LogP contribution in [0.2, 0.25) is 0 Å². The van der Waals surface area contributed by atoms with Crippen molar-refractivity contribution >= 4 is 17.7 Å². The molecule has 2 heterocycles. The first-order valence-electron chi connectivity index (χ1n) is 7.43. The number of benzene rings is 1. The average molecular weight is 341 g/mol. The fourth-order valence-electron chi connectivity index (χ4n) is 2.03. The minimum Gasteiger partial charge on any atom is -0.449 e. The summed E-state index contributed by atoms with van der Waals surface area (Å²) in [5, 5.41) is 10.2. The number of hydrogen-bond acceptors (Lipinski definition) is 7. The molecule has 0 saturated heterocycles. The number of carbonyl (C=O) groups excluding carboxylic acids is 2. The van der Waals surface area contributed by atoms with E-state index in [9.17, 15) is 9.59 Å². The highest BCUT2D eigenvalue weighted by Gasteiger charge is 2.20. The summed E-state index contributed by atoms with van der Waals surface area (Å²) < 4.78 is 11.6. The lowest BCUT2D eigenvalue weighted by Gasteiger charge is -2.12. The second-order valence-electron chi connectivity index (χ2n) is 5.25. The van der Waals surface area contributed by atoms with Gasteiger partial charge in [0, 0.05) is 6.07 Å². The van der Waals surface area contributed by atoms with Crippen molar-refractivity contribution in [1.29, 1.82) is 0 Å². The van der Waals surface area contributed by atoms with Gasteiger partial charge in [-0.25, -0.2) is 14.5 Å². The normalized spacial score (nSPS) is 11.8. The molecule has 9 nitrogen and oxygen atoms in total. The van der Waals surface area contributed by atoms with E-state index in [0.29, 0.717) is 11.3 Å². The molecule has 2 aromatic heterocycles. The number of aryl methyl sites for hydroxylation is 1. The largest absolute Gasteiger partial charge is 0.449 e. The predicted molar refractivity (Wildman–Crippen MR) is 86.1 cm³/mol. The van der Waals surface area contributed by atoms with E-state index in [1.54, 1.807) is 48.3 Å². The molecule has 3 aromatic rings. The van der Waals surface area contributed by atoms with Crippen LogP contribution in [0.1, 0.15) is 23.0 Å². The molecule has 0 radical (unpaired) electrons. The molecule has 9 heteroatoms. The van der Waals surface area contributed by atoms with Gasteiger partial charge >= 0.3 is 5.97 Å². The van der Waals surface area contributed by atoms with Crippen molar-refractivity contribution in [3.63, 3.8) is 0 Å².